The molecule has 1 aliphatic rings. The van der Waals surface area contributed by atoms with E-state index in [0.29, 0.717) is 10.6 Å². The summed E-state index contributed by atoms with van der Waals surface area (Å²) in [6.07, 6.45) is 3.50. The zero-order valence-electron chi connectivity index (χ0n) is 11.0. The SMILES string of the molecule is N#CC1c2ccccc2C=CN1C(=O)c1ccc(Cl)cc1. The average molecular weight is 295 g/mol. The molecule has 0 saturated heterocycles. The lowest BCUT2D eigenvalue weighted by Crippen LogP contribution is -2.31. The number of hydrogen-bond acceptors (Lipinski definition) is 2. The summed E-state index contributed by atoms with van der Waals surface area (Å²) in [6.45, 7) is 0. The Morgan fingerprint density at radius 1 is 1.14 bits per heavy atom. The van der Waals surface area contributed by atoms with E-state index in [4.69, 9.17) is 11.6 Å². The number of hydrogen-bond donors (Lipinski definition) is 0. The summed E-state index contributed by atoms with van der Waals surface area (Å²) >= 11 is 5.83. The number of halogens is 1. The van der Waals surface area contributed by atoms with Crippen molar-refractivity contribution in [3.63, 3.8) is 0 Å². The molecule has 0 radical (unpaired) electrons. The van der Waals surface area contributed by atoms with Gasteiger partial charge in [-0.3, -0.25) is 9.69 Å². The van der Waals surface area contributed by atoms with Gasteiger partial charge in [0.15, 0.2) is 0 Å². The van der Waals surface area contributed by atoms with Crippen molar-refractivity contribution in [1.29, 1.82) is 5.26 Å². The molecule has 1 amide bonds. The van der Waals surface area contributed by atoms with Crippen molar-refractivity contribution < 1.29 is 4.79 Å². The molecule has 2 aromatic carbocycles. The maximum absolute atomic E-state index is 12.6. The fraction of sp³-hybridized carbons (Fsp3) is 0.0588. The van der Waals surface area contributed by atoms with Gasteiger partial charge in [0.2, 0.25) is 0 Å². The first-order chi connectivity index (χ1) is 10.2. The topological polar surface area (TPSA) is 44.1 Å². The summed E-state index contributed by atoms with van der Waals surface area (Å²) < 4.78 is 0. The van der Waals surface area contributed by atoms with Crippen LogP contribution in [-0.2, 0) is 0 Å². The Morgan fingerprint density at radius 3 is 2.57 bits per heavy atom. The number of nitriles is 1. The van der Waals surface area contributed by atoms with Gasteiger partial charge in [0, 0.05) is 16.8 Å². The zero-order chi connectivity index (χ0) is 14.8. The number of fused-ring (bicyclic) bond motifs is 1. The van der Waals surface area contributed by atoms with Gasteiger partial charge in [-0.15, -0.1) is 0 Å². The van der Waals surface area contributed by atoms with Gasteiger partial charge in [-0.25, -0.2) is 0 Å². The van der Waals surface area contributed by atoms with Gasteiger partial charge in [0.1, 0.15) is 6.04 Å². The van der Waals surface area contributed by atoms with Crippen LogP contribution in [0.5, 0.6) is 0 Å². The van der Waals surface area contributed by atoms with Crippen molar-refractivity contribution in [3.8, 4) is 6.07 Å². The Kier molecular flexibility index (Phi) is 3.47. The molecule has 0 saturated carbocycles. The van der Waals surface area contributed by atoms with E-state index in [-0.39, 0.29) is 5.91 Å². The van der Waals surface area contributed by atoms with E-state index in [0.717, 1.165) is 11.1 Å². The maximum atomic E-state index is 12.6. The van der Waals surface area contributed by atoms with Crippen LogP contribution in [0.4, 0.5) is 0 Å². The fourth-order valence-electron chi connectivity index (χ4n) is 2.37. The molecule has 1 aliphatic heterocycles. The van der Waals surface area contributed by atoms with E-state index in [9.17, 15) is 10.1 Å². The van der Waals surface area contributed by atoms with Crippen molar-refractivity contribution in [2.45, 2.75) is 6.04 Å². The first-order valence-electron chi connectivity index (χ1n) is 6.45. The predicted molar refractivity (Wildman–Crippen MR) is 81.5 cm³/mol. The van der Waals surface area contributed by atoms with E-state index in [1.165, 1.54) is 4.90 Å². The van der Waals surface area contributed by atoms with Crippen molar-refractivity contribution in [2.24, 2.45) is 0 Å². The van der Waals surface area contributed by atoms with Crippen LogP contribution in [0.3, 0.4) is 0 Å². The molecule has 1 unspecified atom stereocenters. The number of benzene rings is 2. The second-order valence-corrected chi connectivity index (χ2v) is 5.13. The maximum Gasteiger partial charge on any atom is 0.259 e. The van der Waals surface area contributed by atoms with Gasteiger partial charge in [-0.05, 0) is 41.5 Å². The van der Waals surface area contributed by atoms with Gasteiger partial charge in [-0.1, -0.05) is 35.9 Å². The van der Waals surface area contributed by atoms with Crippen molar-refractivity contribution in [3.05, 3.63) is 76.4 Å². The minimum atomic E-state index is -0.616. The van der Waals surface area contributed by atoms with Crippen LogP contribution in [0.25, 0.3) is 6.08 Å². The lowest BCUT2D eigenvalue weighted by atomic mass is 9.96. The molecule has 4 heteroatoms. The largest absolute Gasteiger partial charge is 0.294 e. The molecule has 102 valence electrons. The van der Waals surface area contributed by atoms with Crippen LogP contribution >= 0.6 is 11.6 Å². The lowest BCUT2D eigenvalue weighted by molar-refractivity contribution is 0.0794. The van der Waals surface area contributed by atoms with Crippen LogP contribution in [0.15, 0.2) is 54.7 Å². The van der Waals surface area contributed by atoms with Crippen LogP contribution in [0, 0.1) is 11.3 Å². The molecule has 1 heterocycles. The minimum absolute atomic E-state index is 0.219. The highest BCUT2D eigenvalue weighted by Crippen LogP contribution is 2.30. The summed E-state index contributed by atoms with van der Waals surface area (Å²) in [5.41, 5.74) is 2.30. The highest BCUT2D eigenvalue weighted by atomic mass is 35.5. The number of carbonyl (C=O) groups is 1. The number of carbonyl (C=O) groups excluding carboxylic acids is 1. The van der Waals surface area contributed by atoms with Crippen LogP contribution < -0.4 is 0 Å². The second-order valence-electron chi connectivity index (χ2n) is 4.70. The van der Waals surface area contributed by atoms with Gasteiger partial charge >= 0.3 is 0 Å². The predicted octanol–water partition coefficient (Wildman–Crippen LogP) is 4.03. The molecule has 21 heavy (non-hydrogen) atoms. The summed E-state index contributed by atoms with van der Waals surface area (Å²) in [5, 5.41) is 10.0. The molecule has 3 rings (SSSR count). The van der Waals surface area contributed by atoms with E-state index in [2.05, 4.69) is 6.07 Å². The Balaban J connectivity index is 1.98. The molecular formula is C17H11ClN2O. The van der Waals surface area contributed by atoms with Gasteiger partial charge < -0.3 is 0 Å². The minimum Gasteiger partial charge on any atom is -0.294 e. The molecule has 1 atom stereocenters. The molecule has 0 N–H and O–H groups in total. The van der Waals surface area contributed by atoms with Crippen LogP contribution in [-0.4, -0.2) is 10.8 Å². The monoisotopic (exact) mass is 294 g/mol. The zero-order valence-corrected chi connectivity index (χ0v) is 11.8. The highest BCUT2D eigenvalue weighted by molar-refractivity contribution is 6.30. The number of rotatable bonds is 1. The smallest absolute Gasteiger partial charge is 0.259 e. The molecular weight excluding hydrogens is 284 g/mol. The van der Waals surface area contributed by atoms with Crippen LogP contribution in [0.1, 0.15) is 27.5 Å². The fourth-order valence-corrected chi connectivity index (χ4v) is 2.49. The third kappa shape index (κ3) is 2.42. The molecule has 0 spiro atoms. The highest BCUT2D eigenvalue weighted by Gasteiger charge is 2.28. The van der Waals surface area contributed by atoms with E-state index < -0.39 is 6.04 Å². The first-order valence-corrected chi connectivity index (χ1v) is 6.83. The molecule has 0 aromatic heterocycles. The van der Waals surface area contributed by atoms with Gasteiger partial charge in [0.25, 0.3) is 5.91 Å². The van der Waals surface area contributed by atoms with E-state index >= 15 is 0 Å². The van der Waals surface area contributed by atoms with Crippen molar-refractivity contribution in [2.75, 3.05) is 0 Å². The standard InChI is InChI=1S/C17H11ClN2O/c18-14-7-5-13(6-8-14)17(21)20-10-9-12-3-1-2-4-15(12)16(20)11-19/h1-10,16H. The molecule has 3 nitrogen and oxygen atoms in total. The van der Waals surface area contributed by atoms with Crippen molar-refractivity contribution >= 4 is 23.6 Å². The number of amides is 1. The average Bonchev–Trinajstić information content (AvgIpc) is 2.53. The van der Waals surface area contributed by atoms with Gasteiger partial charge in [0.05, 0.1) is 6.07 Å². The lowest BCUT2D eigenvalue weighted by Gasteiger charge is -2.28. The quantitative estimate of drug-likeness (QED) is 0.797. The van der Waals surface area contributed by atoms with E-state index in [1.807, 2.05) is 30.3 Å². The van der Waals surface area contributed by atoms with E-state index in [1.54, 1.807) is 30.5 Å². The summed E-state index contributed by atoms with van der Waals surface area (Å²) in [7, 11) is 0. The van der Waals surface area contributed by atoms with Gasteiger partial charge in [-0.2, -0.15) is 5.26 Å². The Morgan fingerprint density at radius 2 is 1.86 bits per heavy atom. The third-order valence-corrected chi connectivity index (χ3v) is 3.68. The third-order valence-electron chi connectivity index (χ3n) is 3.43. The van der Waals surface area contributed by atoms with Crippen molar-refractivity contribution in [1.82, 2.24) is 4.90 Å². The molecule has 2 aromatic rings. The summed E-state index contributed by atoms with van der Waals surface area (Å²) in [5.74, 6) is -0.219. The first kappa shape index (κ1) is 13.4. The Labute approximate surface area is 127 Å². The van der Waals surface area contributed by atoms with Crippen LogP contribution in [0.2, 0.25) is 5.02 Å². The Bertz CT molecular complexity index is 759. The summed E-state index contributed by atoms with van der Waals surface area (Å²) in [6, 6.07) is 15.8. The summed E-state index contributed by atoms with van der Waals surface area (Å²) in [4.78, 5) is 14.0. The molecule has 0 aliphatic carbocycles. The molecule has 0 bridgehead atoms. The second kappa shape index (κ2) is 5.43. The Hall–Kier alpha value is -2.57. The number of nitrogens with zero attached hydrogens (tertiary/aromatic N) is 2. The molecule has 0 fully saturated rings. The normalized spacial score (nSPS) is 16.2.